The van der Waals surface area contributed by atoms with Gasteiger partial charge in [-0.2, -0.15) is 0 Å². The van der Waals surface area contributed by atoms with Gasteiger partial charge in [-0.3, -0.25) is 5.32 Å². The monoisotopic (exact) mass is 340 g/mol. The van der Waals surface area contributed by atoms with Gasteiger partial charge in [-0.15, -0.1) is 11.3 Å². The molecule has 128 valence electrons. The summed E-state index contributed by atoms with van der Waals surface area (Å²) in [5.74, 6) is -0.388. The number of rotatable bonds is 3. The Kier molecular flexibility index (Phi) is 5.31. The molecule has 6 nitrogen and oxygen atoms in total. The van der Waals surface area contributed by atoms with E-state index in [0.717, 1.165) is 30.0 Å². The Hall–Kier alpha value is -1.60. The lowest BCUT2D eigenvalue weighted by Crippen LogP contribution is -2.28. The Balaban J connectivity index is 2.30. The van der Waals surface area contributed by atoms with Crippen LogP contribution in [0, 0.1) is 0 Å². The van der Waals surface area contributed by atoms with Crippen LogP contribution in [0.25, 0.3) is 0 Å². The van der Waals surface area contributed by atoms with E-state index in [9.17, 15) is 9.59 Å². The van der Waals surface area contributed by atoms with Crippen LogP contribution < -0.4 is 5.32 Å². The van der Waals surface area contributed by atoms with Gasteiger partial charge >= 0.3 is 12.1 Å². The molecule has 23 heavy (non-hydrogen) atoms. The highest BCUT2D eigenvalue weighted by Crippen LogP contribution is 2.37. The highest BCUT2D eigenvalue weighted by atomic mass is 32.1. The second-order valence-corrected chi connectivity index (χ2v) is 7.65. The van der Waals surface area contributed by atoms with Crippen molar-refractivity contribution in [3.8, 4) is 0 Å². The van der Waals surface area contributed by atoms with E-state index >= 15 is 0 Å². The Morgan fingerprint density at radius 2 is 2.04 bits per heavy atom. The van der Waals surface area contributed by atoms with E-state index < -0.39 is 11.7 Å². The normalized spacial score (nSPS) is 15.0. The molecule has 1 aromatic rings. The number of hydrogen-bond acceptors (Lipinski definition) is 6. The third-order valence-electron chi connectivity index (χ3n) is 3.34. The number of likely N-dealkylation sites (N-methyl/N-ethyl adjacent to an activating group) is 1. The number of thiophene rings is 1. The number of ether oxygens (including phenoxy) is 2. The highest BCUT2D eigenvalue weighted by molar-refractivity contribution is 7.17. The number of carbonyl (C=O) groups excluding carboxylic acids is 2. The summed E-state index contributed by atoms with van der Waals surface area (Å²) in [6.45, 7) is 9.11. The van der Waals surface area contributed by atoms with Gasteiger partial charge in [0.15, 0.2) is 0 Å². The van der Waals surface area contributed by atoms with E-state index in [1.807, 2.05) is 7.05 Å². The predicted molar refractivity (Wildman–Crippen MR) is 90.2 cm³/mol. The maximum atomic E-state index is 12.3. The van der Waals surface area contributed by atoms with Crippen molar-refractivity contribution < 1.29 is 19.1 Å². The first-order valence-corrected chi connectivity index (χ1v) is 8.53. The molecule has 1 aromatic heterocycles. The smallest absolute Gasteiger partial charge is 0.412 e. The number of amides is 1. The number of fused-ring (bicyclic) bond motifs is 1. The molecule has 0 aliphatic carbocycles. The number of nitrogens with zero attached hydrogens (tertiary/aromatic N) is 1. The average molecular weight is 340 g/mol. The Labute approximate surface area is 140 Å². The van der Waals surface area contributed by atoms with Crippen LogP contribution >= 0.6 is 11.3 Å². The first kappa shape index (κ1) is 17.7. The number of carbonyl (C=O) groups is 2. The van der Waals surface area contributed by atoms with Crippen LogP contribution in [0.15, 0.2) is 0 Å². The summed E-state index contributed by atoms with van der Waals surface area (Å²) in [6.07, 6.45) is 0.210. The molecule has 0 spiro atoms. The Bertz CT molecular complexity index is 604. The largest absolute Gasteiger partial charge is 0.462 e. The molecule has 0 aromatic carbocycles. The van der Waals surface area contributed by atoms with Crippen molar-refractivity contribution in [2.24, 2.45) is 0 Å². The molecule has 0 unspecified atom stereocenters. The molecule has 7 heteroatoms. The zero-order valence-corrected chi connectivity index (χ0v) is 15.1. The van der Waals surface area contributed by atoms with Gasteiger partial charge in [-0.25, -0.2) is 9.59 Å². The summed E-state index contributed by atoms with van der Waals surface area (Å²) in [5, 5.41) is 3.23. The predicted octanol–water partition coefficient (Wildman–Crippen LogP) is 3.26. The minimum Gasteiger partial charge on any atom is -0.462 e. The van der Waals surface area contributed by atoms with Gasteiger partial charge in [-0.1, -0.05) is 0 Å². The lowest BCUT2D eigenvalue weighted by atomic mass is 10.0. The number of hydrogen-bond donors (Lipinski definition) is 1. The molecule has 1 amide bonds. The summed E-state index contributed by atoms with van der Waals surface area (Å²) in [7, 11) is 2.04. The molecule has 0 saturated heterocycles. The second-order valence-electron chi connectivity index (χ2n) is 6.54. The topological polar surface area (TPSA) is 67.9 Å². The van der Waals surface area contributed by atoms with Gasteiger partial charge in [-0.05, 0) is 46.7 Å². The Morgan fingerprint density at radius 1 is 1.35 bits per heavy atom. The van der Waals surface area contributed by atoms with Crippen molar-refractivity contribution in [2.45, 2.75) is 46.3 Å². The number of esters is 1. The Morgan fingerprint density at radius 3 is 2.65 bits per heavy atom. The number of nitrogens with one attached hydrogen (secondary N) is 1. The highest BCUT2D eigenvalue weighted by Gasteiger charge is 2.29. The summed E-state index contributed by atoms with van der Waals surface area (Å²) < 4.78 is 10.4. The van der Waals surface area contributed by atoms with E-state index in [0.29, 0.717) is 17.2 Å². The van der Waals surface area contributed by atoms with Crippen LogP contribution in [0.3, 0.4) is 0 Å². The fourth-order valence-corrected chi connectivity index (χ4v) is 3.74. The SMILES string of the molecule is CCOC(=O)c1c(NC(=O)OC(C)(C)C)sc2c1CCN(C)C2. The molecule has 0 fully saturated rings. The van der Waals surface area contributed by atoms with Crippen LogP contribution in [0.4, 0.5) is 9.80 Å². The molecule has 1 aliphatic heterocycles. The van der Waals surface area contributed by atoms with E-state index in [1.54, 1.807) is 27.7 Å². The quantitative estimate of drug-likeness (QED) is 0.856. The van der Waals surface area contributed by atoms with Gasteiger partial charge in [0.2, 0.25) is 0 Å². The lowest BCUT2D eigenvalue weighted by molar-refractivity contribution is 0.0526. The molecule has 1 aliphatic rings. The van der Waals surface area contributed by atoms with Crippen LogP contribution in [-0.2, 0) is 22.4 Å². The molecule has 0 radical (unpaired) electrons. The van der Waals surface area contributed by atoms with E-state index in [2.05, 4.69) is 10.2 Å². The van der Waals surface area contributed by atoms with E-state index in [1.165, 1.54) is 11.3 Å². The van der Waals surface area contributed by atoms with Crippen molar-refractivity contribution >= 4 is 28.4 Å². The van der Waals surface area contributed by atoms with Gasteiger partial charge in [0, 0.05) is 18.0 Å². The standard InChI is InChI=1S/C16H24N2O4S/c1-6-21-14(19)12-10-7-8-18(5)9-11(10)23-13(12)17-15(20)22-16(2,3)4/h6-9H2,1-5H3,(H,17,20). The zero-order valence-electron chi connectivity index (χ0n) is 14.3. The summed E-state index contributed by atoms with van der Waals surface area (Å²) in [4.78, 5) is 27.7. The molecule has 1 N–H and O–H groups in total. The van der Waals surface area contributed by atoms with Crippen molar-refractivity contribution in [1.82, 2.24) is 4.90 Å². The summed E-state index contributed by atoms with van der Waals surface area (Å²) >= 11 is 1.42. The molecular weight excluding hydrogens is 316 g/mol. The van der Waals surface area contributed by atoms with Crippen LogP contribution in [0.2, 0.25) is 0 Å². The van der Waals surface area contributed by atoms with E-state index in [-0.39, 0.29) is 5.97 Å². The van der Waals surface area contributed by atoms with E-state index in [4.69, 9.17) is 9.47 Å². The van der Waals surface area contributed by atoms with Crippen molar-refractivity contribution in [1.29, 1.82) is 0 Å². The third kappa shape index (κ3) is 4.45. The maximum absolute atomic E-state index is 12.3. The molecule has 0 atom stereocenters. The van der Waals surface area contributed by atoms with Gasteiger partial charge < -0.3 is 14.4 Å². The van der Waals surface area contributed by atoms with Crippen LogP contribution in [-0.4, -0.2) is 42.8 Å². The zero-order chi connectivity index (χ0) is 17.2. The van der Waals surface area contributed by atoms with Gasteiger partial charge in [0.1, 0.15) is 10.6 Å². The van der Waals surface area contributed by atoms with Gasteiger partial charge in [0.25, 0.3) is 0 Å². The minimum atomic E-state index is -0.592. The second kappa shape index (κ2) is 6.88. The van der Waals surface area contributed by atoms with Crippen LogP contribution in [0.5, 0.6) is 0 Å². The lowest BCUT2D eigenvalue weighted by Gasteiger charge is -2.22. The minimum absolute atomic E-state index is 0.301. The molecule has 0 bridgehead atoms. The number of anilines is 1. The van der Waals surface area contributed by atoms with Crippen molar-refractivity contribution in [2.75, 3.05) is 25.5 Å². The van der Waals surface area contributed by atoms with Gasteiger partial charge in [0.05, 0.1) is 12.2 Å². The fraction of sp³-hybridized carbons (Fsp3) is 0.625. The molecule has 0 saturated carbocycles. The molecular formula is C16H24N2O4S. The van der Waals surface area contributed by atoms with Crippen molar-refractivity contribution in [3.05, 3.63) is 16.0 Å². The maximum Gasteiger partial charge on any atom is 0.412 e. The van der Waals surface area contributed by atoms with Crippen molar-refractivity contribution in [3.63, 3.8) is 0 Å². The first-order chi connectivity index (χ1) is 10.7. The van der Waals surface area contributed by atoms with Crippen LogP contribution in [0.1, 0.15) is 48.5 Å². The first-order valence-electron chi connectivity index (χ1n) is 7.71. The summed E-state index contributed by atoms with van der Waals surface area (Å²) in [6, 6.07) is 0. The molecule has 2 heterocycles. The fourth-order valence-electron chi connectivity index (χ4n) is 2.43. The third-order valence-corrected chi connectivity index (χ3v) is 4.47. The average Bonchev–Trinajstić information content (AvgIpc) is 2.73. The molecule has 2 rings (SSSR count). The summed E-state index contributed by atoms with van der Waals surface area (Å²) in [5.41, 5.74) is 0.870.